The fraction of sp³-hybridized carbons (Fsp3) is 0.333. The first-order valence-corrected chi connectivity index (χ1v) is 15.1. The van der Waals surface area contributed by atoms with Gasteiger partial charge in [-0.05, 0) is 60.4 Å². The molecule has 1 aliphatic rings. The minimum Gasteiger partial charge on any atom is -0.446 e. The minimum absolute atomic E-state index is 0.0925. The number of benzene rings is 3. The molecule has 4 atom stereocenters. The summed E-state index contributed by atoms with van der Waals surface area (Å²) in [5.74, 6) is -1.55. The predicted molar refractivity (Wildman–Crippen MR) is 157 cm³/mol. The molecule has 1 saturated heterocycles. The second kappa shape index (κ2) is 13.3. The molecule has 12 heteroatoms. The van der Waals surface area contributed by atoms with E-state index in [2.05, 4.69) is 10.6 Å². The fourth-order valence-electron chi connectivity index (χ4n) is 4.84. The average molecular weight is 599 g/mol. The molecule has 10 nitrogen and oxygen atoms in total. The third kappa shape index (κ3) is 7.25. The van der Waals surface area contributed by atoms with Crippen LogP contribution in [0.25, 0.3) is 0 Å². The maximum absolute atomic E-state index is 13.9. The van der Waals surface area contributed by atoms with Gasteiger partial charge in [-0.3, -0.25) is 15.0 Å². The van der Waals surface area contributed by atoms with Crippen molar-refractivity contribution in [3.8, 4) is 0 Å². The first-order valence-electron chi connectivity index (χ1n) is 13.5. The molecular formula is C30H35FN4O6S. The van der Waals surface area contributed by atoms with E-state index in [9.17, 15) is 27.5 Å². The van der Waals surface area contributed by atoms with Gasteiger partial charge < -0.3 is 20.9 Å². The Balaban J connectivity index is 1.53. The highest BCUT2D eigenvalue weighted by molar-refractivity contribution is 7.92. The maximum atomic E-state index is 13.9. The number of rotatable bonds is 12. The Morgan fingerprint density at radius 2 is 1.79 bits per heavy atom. The van der Waals surface area contributed by atoms with E-state index in [1.165, 1.54) is 42.5 Å². The number of nitrogens with two attached hydrogens (primary N) is 1. The molecule has 4 rings (SSSR count). The number of cyclic esters (lactones) is 1. The Morgan fingerprint density at radius 1 is 1.10 bits per heavy atom. The Labute approximate surface area is 244 Å². The number of halogens is 1. The second-order valence-corrected chi connectivity index (χ2v) is 12.6. The van der Waals surface area contributed by atoms with Crippen LogP contribution in [0.2, 0.25) is 0 Å². The van der Waals surface area contributed by atoms with Gasteiger partial charge in [0.2, 0.25) is 5.91 Å². The van der Waals surface area contributed by atoms with Crippen molar-refractivity contribution < 1.29 is 32.2 Å². The number of nitrogens with one attached hydrogen (secondary N) is 2. The molecule has 0 bridgehead atoms. The van der Waals surface area contributed by atoms with E-state index in [4.69, 9.17) is 10.5 Å². The predicted octanol–water partition coefficient (Wildman–Crippen LogP) is 2.87. The zero-order valence-corrected chi connectivity index (χ0v) is 24.1. The number of aliphatic hydroxyl groups excluding tert-OH is 1. The number of ether oxygens (including phenoxy) is 1. The summed E-state index contributed by atoms with van der Waals surface area (Å²) >= 11 is 0. The van der Waals surface area contributed by atoms with Crippen molar-refractivity contribution >= 4 is 33.2 Å². The Morgan fingerprint density at radius 3 is 2.43 bits per heavy atom. The van der Waals surface area contributed by atoms with Crippen LogP contribution in [0.15, 0.2) is 83.8 Å². The van der Waals surface area contributed by atoms with E-state index >= 15 is 0 Å². The molecule has 3 aromatic rings. The molecule has 0 saturated carbocycles. The van der Waals surface area contributed by atoms with Crippen LogP contribution in [0.3, 0.4) is 0 Å². The number of sulfone groups is 1. The molecule has 5 N–H and O–H groups in total. The van der Waals surface area contributed by atoms with Crippen molar-refractivity contribution in [2.75, 3.05) is 23.8 Å². The van der Waals surface area contributed by atoms with Crippen LogP contribution >= 0.6 is 0 Å². The standard InChI is InChI=1S/C30H35FN4O6S/c1-19(2)29(42(39,40)24-13-11-22(32)12-14-24)33-17-27(36)25(15-20-7-4-3-5-8-20)34-28(37)26-18-41-30(38)35(26)23-10-6-9-21(31)16-23/h3-14,16,19,25-27,29,33,36H,15,17-18,32H2,1-2H3,(H,34,37)/t25-,26?,27+,29?/m0/s1. The van der Waals surface area contributed by atoms with E-state index in [0.29, 0.717) is 5.69 Å². The maximum Gasteiger partial charge on any atom is 0.415 e. The summed E-state index contributed by atoms with van der Waals surface area (Å²) in [6, 6.07) is 18.3. The lowest BCUT2D eigenvalue weighted by molar-refractivity contribution is -0.123. The second-order valence-electron chi connectivity index (χ2n) is 10.5. The van der Waals surface area contributed by atoms with Gasteiger partial charge >= 0.3 is 6.09 Å². The smallest absolute Gasteiger partial charge is 0.415 e. The monoisotopic (exact) mass is 598 g/mol. The van der Waals surface area contributed by atoms with E-state index in [1.54, 1.807) is 13.8 Å². The quantitative estimate of drug-likeness (QED) is 0.233. The van der Waals surface area contributed by atoms with Crippen molar-refractivity contribution in [1.82, 2.24) is 10.6 Å². The topological polar surface area (TPSA) is 151 Å². The molecule has 0 aromatic heterocycles. The third-order valence-electron chi connectivity index (χ3n) is 7.03. The molecule has 1 aliphatic heterocycles. The summed E-state index contributed by atoms with van der Waals surface area (Å²) in [4.78, 5) is 27.1. The Bertz CT molecular complexity index is 1490. The number of amides is 2. The molecule has 0 spiro atoms. The van der Waals surface area contributed by atoms with Gasteiger partial charge in [0.05, 0.1) is 22.7 Å². The molecule has 2 amide bonds. The summed E-state index contributed by atoms with van der Waals surface area (Å²) in [6.07, 6.45) is -1.80. The van der Waals surface area contributed by atoms with Crippen LogP contribution in [0.4, 0.5) is 20.6 Å². The largest absolute Gasteiger partial charge is 0.446 e. The van der Waals surface area contributed by atoms with Crippen molar-refractivity contribution in [3.05, 3.63) is 90.2 Å². The van der Waals surface area contributed by atoms with E-state index in [1.807, 2.05) is 30.3 Å². The van der Waals surface area contributed by atoms with E-state index in [0.717, 1.165) is 16.5 Å². The van der Waals surface area contributed by atoms with Gasteiger partial charge in [0.25, 0.3) is 0 Å². The van der Waals surface area contributed by atoms with Gasteiger partial charge in [0, 0.05) is 12.2 Å². The van der Waals surface area contributed by atoms with Crippen LogP contribution in [-0.4, -0.2) is 62.2 Å². The lowest BCUT2D eigenvalue weighted by Crippen LogP contribution is -2.55. The van der Waals surface area contributed by atoms with Gasteiger partial charge in [-0.2, -0.15) is 0 Å². The summed E-state index contributed by atoms with van der Waals surface area (Å²) in [5, 5.41) is 16.0. The van der Waals surface area contributed by atoms with Crippen LogP contribution < -0.4 is 21.3 Å². The number of carbonyl (C=O) groups excluding carboxylic acids is 2. The Kier molecular flexibility index (Phi) is 9.81. The number of hydrogen-bond donors (Lipinski definition) is 4. The molecule has 1 heterocycles. The first kappa shape index (κ1) is 30.9. The normalized spacial score (nSPS) is 17.5. The lowest BCUT2D eigenvalue weighted by Gasteiger charge is -2.30. The van der Waals surface area contributed by atoms with Crippen molar-refractivity contribution in [3.63, 3.8) is 0 Å². The zero-order valence-electron chi connectivity index (χ0n) is 23.3. The molecule has 3 aromatic carbocycles. The molecule has 42 heavy (non-hydrogen) atoms. The number of anilines is 2. The lowest BCUT2D eigenvalue weighted by atomic mass is 10.00. The molecular weight excluding hydrogens is 563 g/mol. The molecule has 224 valence electrons. The minimum atomic E-state index is -3.84. The molecule has 0 radical (unpaired) electrons. The number of hydrogen-bond acceptors (Lipinski definition) is 8. The van der Waals surface area contributed by atoms with Crippen LogP contribution in [0.1, 0.15) is 19.4 Å². The van der Waals surface area contributed by atoms with Gasteiger partial charge in [-0.25, -0.2) is 17.6 Å². The van der Waals surface area contributed by atoms with E-state index < -0.39 is 51.2 Å². The zero-order chi connectivity index (χ0) is 30.4. The SMILES string of the molecule is CC(C)C(NC[C@@H](O)[C@H](Cc1ccccc1)NC(=O)C1COC(=O)N1c1cccc(F)c1)S(=O)(=O)c1ccc(N)cc1. The van der Waals surface area contributed by atoms with Gasteiger partial charge in [-0.1, -0.05) is 50.2 Å². The number of nitrogen functional groups attached to an aromatic ring is 1. The van der Waals surface area contributed by atoms with Crippen LogP contribution in [0.5, 0.6) is 0 Å². The van der Waals surface area contributed by atoms with Gasteiger partial charge in [0.1, 0.15) is 17.8 Å². The molecule has 1 fully saturated rings. The van der Waals surface area contributed by atoms with E-state index in [-0.39, 0.29) is 36.1 Å². The number of nitrogens with zero attached hydrogens (tertiary/aromatic N) is 1. The van der Waals surface area contributed by atoms with Crippen molar-refractivity contribution in [2.24, 2.45) is 5.92 Å². The number of carbonyl (C=O) groups is 2. The fourth-order valence-corrected chi connectivity index (χ4v) is 6.68. The highest BCUT2D eigenvalue weighted by Gasteiger charge is 2.41. The number of aliphatic hydroxyl groups is 1. The highest BCUT2D eigenvalue weighted by atomic mass is 32.2. The summed E-state index contributed by atoms with van der Waals surface area (Å²) in [7, 11) is -3.84. The first-order chi connectivity index (χ1) is 20.0. The van der Waals surface area contributed by atoms with Gasteiger partial charge in [-0.15, -0.1) is 0 Å². The Hall–Kier alpha value is -4.00. The molecule has 2 unspecified atom stereocenters. The average Bonchev–Trinajstić information content (AvgIpc) is 3.34. The summed E-state index contributed by atoms with van der Waals surface area (Å²) in [6.45, 7) is 3.08. The van der Waals surface area contributed by atoms with Crippen molar-refractivity contribution in [2.45, 2.75) is 48.7 Å². The van der Waals surface area contributed by atoms with Gasteiger partial charge in [0.15, 0.2) is 15.9 Å². The van der Waals surface area contributed by atoms with Crippen LogP contribution in [0, 0.1) is 11.7 Å². The summed E-state index contributed by atoms with van der Waals surface area (Å²) < 4.78 is 45.8. The van der Waals surface area contributed by atoms with Crippen molar-refractivity contribution in [1.29, 1.82) is 0 Å². The van der Waals surface area contributed by atoms with Crippen LogP contribution in [-0.2, 0) is 25.8 Å². The summed E-state index contributed by atoms with van der Waals surface area (Å²) in [5.41, 5.74) is 7.13. The highest BCUT2D eigenvalue weighted by Crippen LogP contribution is 2.25. The molecule has 0 aliphatic carbocycles. The third-order valence-corrected chi connectivity index (χ3v) is 9.34.